The van der Waals surface area contributed by atoms with Crippen LogP contribution in [0.4, 0.5) is 0 Å². The van der Waals surface area contributed by atoms with E-state index >= 15 is 0 Å². The van der Waals surface area contributed by atoms with Crippen LogP contribution in [0.5, 0.6) is 0 Å². The molecule has 3 heterocycles. The van der Waals surface area contributed by atoms with E-state index in [0.29, 0.717) is 6.04 Å². The normalized spacial score (nSPS) is 24.3. The average Bonchev–Trinajstić information content (AvgIpc) is 3.17. The van der Waals surface area contributed by atoms with Crippen LogP contribution in [0.3, 0.4) is 0 Å². The van der Waals surface area contributed by atoms with Gasteiger partial charge in [0, 0.05) is 25.7 Å². The minimum Gasteiger partial charge on any atom is -0.299 e. The molecule has 2 aliphatic heterocycles. The number of carbonyl (C=O) groups is 1. The first-order valence-corrected chi connectivity index (χ1v) is 8.69. The van der Waals surface area contributed by atoms with E-state index in [1.54, 1.807) is 0 Å². The molecule has 3 N–H and O–H groups in total. The Balaban J connectivity index is 1.57. The fraction of sp³-hybridized carbons (Fsp3) is 0.667. The number of hydrogen-bond donors (Lipinski definition) is 2. The fourth-order valence-corrected chi connectivity index (χ4v) is 4.32. The van der Waals surface area contributed by atoms with Gasteiger partial charge in [0.25, 0.3) is 5.91 Å². The lowest BCUT2D eigenvalue weighted by Crippen LogP contribution is -2.40. The lowest BCUT2D eigenvalue weighted by Gasteiger charge is -2.32. The zero-order valence-electron chi connectivity index (χ0n) is 12.4. The summed E-state index contributed by atoms with van der Waals surface area (Å²) in [6.07, 6.45) is 5.34. The maximum atomic E-state index is 11.7. The second-order valence-electron chi connectivity index (χ2n) is 6.02. The van der Waals surface area contributed by atoms with Crippen LogP contribution in [-0.4, -0.2) is 47.9 Å². The molecule has 1 aromatic rings. The zero-order valence-corrected chi connectivity index (χ0v) is 13.2. The molecule has 2 aliphatic rings. The molecule has 3 rings (SSSR count). The number of rotatable bonds is 4. The van der Waals surface area contributed by atoms with Gasteiger partial charge in [-0.05, 0) is 49.4 Å². The average molecular weight is 308 g/mol. The van der Waals surface area contributed by atoms with E-state index in [0.717, 1.165) is 30.1 Å². The predicted molar refractivity (Wildman–Crippen MR) is 85.1 cm³/mol. The number of nitrogen functional groups attached to an aromatic ring is 1. The first kappa shape index (κ1) is 15.0. The highest BCUT2D eigenvalue weighted by Crippen LogP contribution is 2.24. The monoisotopic (exact) mass is 308 g/mol. The van der Waals surface area contributed by atoms with E-state index in [9.17, 15) is 4.79 Å². The molecule has 1 aromatic heterocycles. The Bertz CT molecular complexity index is 484. The van der Waals surface area contributed by atoms with Crippen LogP contribution in [0, 0.1) is 0 Å². The Hall–Kier alpha value is -0.950. The Kier molecular flexibility index (Phi) is 4.90. The van der Waals surface area contributed by atoms with E-state index < -0.39 is 0 Å². The summed E-state index contributed by atoms with van der Waals surface area (Å²) in [5.74, 6) is 5.07. The van der Waals surface area contributed by atoms with Crippen LogP contribution < -0.4 is 11.3 Å². The molecule has 0 aromatic carbocycles. The van der Waals surface area contributed by atoms with Gasteiger partial charge in [0.15, 0.2) is 0 Å². The molecule has 21 heavy (non-hydrogen) atoms. The third-order valence-electron chi connectivity index (χ3n) is 4.63. The van der Waals surface area contributed by atoms with Gasteiger partial charge in [-0.2, -0.15) is 0 Å². The number of hydrazine groups is 1. The fourth-order valence-electron chi connectivity index (χ4n) is 3.50. The lowest BCUT2D eigenvalue weighted by atomic mass is 10.1. The maximum Gasteiger partial charge on any atom is 0.275 e. The van der Waals surface area contributed by atoms with Crippen LogP contribution in [-0.2, 0) is 6.54 Å². The number of carbonyl (C=O) groups excluding carboxylic acids is 1. The highest BCUT2D eigenvalue weighted by Gasteiger charge is 2.29. The predicted octanol–water partition coefficient (Wildman–Crippen LogP) is 1.41. The lowest BCUT2D eigenvalue weighted by molar-refractivity contribution is 0.0956. The molecule has 0 aliphatic carbocycles. The number of piperidine rings is 1. The molecule has 0 bridgehead atoms. The second-order valence-corrected chi connectivity index (χ2v) is 6.94. The van der Waals surface area contributed by atoms with Gasteiger partial charge in [-0.3, -0.25) is 20.0 Å². The van der Waals surface area contributed by atoms with E-state index in [4.69, 9.17) is 5.84 Å². The van der Waals surface area contributed by atoms with Crippen molar-refractivity contribution in [1.82, 2.24) is 15.2 Å². The molecule has 1 unspecified atom stereocenters. The molecule has 1 amide bonds. The number of nitrogens with one attached hydrogen (secondary N) is 1. The van der Waals surface area contributed by atoms with Gasteiger partial charge in [-0.25, -0.2) is 5.84 Å². The number of likely N-dealkylation sites (tertiary alicyclic amines) is 2. The van der Waals surface area contributed by atoms with Gasteiger partial charge in [0.2, 0.25) is 0 Å². The molecule has 2 fully saturated rings. The SMILES string of the molecule is NNC(=O)c1sccc1CN1CCC(N2CCCCC2)C1. The highest BCUT2D eigenvalue weighted by atomic mass is 32.1. The van der Waals surface area contributed by atoms with Crippen molar-refractivity contribution in [3.05, 3.63) is 21.9 Å². The smallest absolute Gasteiger partial charge is 0.275 e. The third-order valence-corrected chi connectivity index (χ3v) is 5.59. The number of nitrogens with two attached hydrogens (primary N) is 1. The van der Waals surface area contributed by atoms with Crippen molar-refractivity contribution in [1.29, 1.82) is 0 Å². The van der Waals surface area contributed by atoms with E-state index in [-0.39, 0.29) is 5.91 Å². The summed E-state index contributed by atoms with van der Waals surface area (Å²) >= 11 is 1.47. The molecule has 2 saturated heterocycles. The Morgan fingerprint density at radius 1 is 1.33 bits per heavy atom. The first-order chi connectivity index (χ1) is 10.3. The van der Waals surface area contributed by atoms with E-state index in [1.807, 2.05) is 11.4 Å². The summed E-state index contributed by atoms with van der Waals surface area (Å²) in [7, 11) is 0. The number of thiophene rings is 1. The summed E-state index contributed by atoms with van der Waals surface area (Å²) in [5.41, 5.74) is 3.34. The Labute approximate surface area is 130 Å². The summed E-state index contributed by atoms with van der Waals surface area (Å²) < 4.78 is 0. The van der Waals surface area contributed by atoms with Crippen molar-refractivity contribution in [2.45, 2.75) is 38.3 Å². The zero-order chi connectivity index (χ0) is 14.7. The molecule has 1 atom stereocenters. The van der Waals surface area contributed by atoms with Gasteiger partial charge >= 0.3 is 0 Å². The number of amides is 1. The van der Waals surface area contributed by atoms with Gasteiger partial charge in [-0.15, -0.1) is 11.3 Å². The van der Waals surface area contributed by atoms with Crippen LogP contribution in [0.25, 0.3) is 0 Å². The molecule has 5 nitrogen and oxygen atoms in total. The molecule has 116 valence electrons. The number of hydrogen-bond acceptors (Lipinski definition) is 5. The van der Waals surface area contributed by atoms with Crippen molar-refractivity contribution < 1.29 is 4.79 Å². The van der Waals surface area contributed by atoms with Crippen LogP contribution in [0.2, 0.25) is 0 Å². The molecular formula is C15H24N4OS. The van der Waals surface area contributed by atoms with Gasteiger partial charge in [0.05, 0.1) is 4.88 Å². The maximum absolute atomic E-state index is 11.7. The van der Waals surface area contributed by atoms with Crippen LogP contribution in [0.1, 0.15) is 40.9 Å². The summed E-state index contributed by atoms with van der Waals surface area (Å²) in [6.45, 7) is 5.63. The van der Waals surface area contributed by atoms with E-state index in [1.165, 1.54) is 50.1 Å². The van der Waals surface area contributed by atoms with Crippen molar-refractivity contribution in [2.24, 2.45) is 5.84 Å². The minimum absolute atomic E-state index is 0.174. The van der Waals surface area contributed by atoms with Crippen molar-refractivity contribution in [3.63, 3.8) is 0 Å². The van der Waals surface area contributed by atoms with E-state index in [2.05, 4.69) is 15.2 Å². The Morgan fingerprint density at radius 2 is 2.14 bits per heavy atom. The van der Waals surface area contributed by atoms with Gasteiger partial charge < -0.3 is 0 Å². The quantitative estimate of drug-likeness (QED) is 0.502. The molecular weight excluding hydrogens is 284 g/mol. The van der Waals surface area contributed by atoms with Crippen LogP contribution in [0.15, 0.2) is 11.4 Å². The third kappa shape index (κ3) is 3.45. The second kappa shape index (κ2) is 6.87. The highest BCUT2D eigenvalue weighted by molar-refractivity contribution is 7.12. The summed E-state index contributed by atoms with van der Waals surface area (Å²) in [5, 5.41) is 1.97. The van der Waals surface area contributed by atoms with Crippen molar-refractivity contribution in [2.75, 3.05) is 26.2 Å². The minimum atomic E-state index is -0.174. The molecule has 0 radical (unpaired) electrons. The largest absolute Gasteiger partial charge is 0.299 e. The molecule has 0 saturated carbocycles. The van der Waals surface area contributed by atoms with Gasteiger partial charge in [-0.1, -0.05) is 6.42 Å². The molecule has 0 spiro atoms. The van der Waals surface area contributed by atoms with Crippen LogP contribution >= 0.6 is 11.3 Å². The number of nitrogens with zero attached hydrogens (tertiary/aromatic N) is 2. The van der Waals surface area contributed by atoms with Crippen molar-refractivity contribution >= 4 is 17.2 Å². The van der Waals surface area contributed by atoms with Gasteiger partial charge in [0.1, 0.15) is 0 Å². The topological polar surface area (TPSA) is 61.6 Å². The first-order valence-electron chi connectivity index (χ1n) is 7.81. The standard InChI is InChI=1S/C15H24N4OS/c16-17-15(20)14-12(5-9-21-14)10-18-8-4-13(11-18)19-6-2-1-3-7-19/h5,9,13H,1-4,6-8,10-11,16H2,(H,17,20). The summed E-state index contributed by atoms with van der Waals surface area (Å²) in [4.78, 5) is 17.6. The summed E-state index contributed by atoms with van der Waals surface area (Å²) in [6, 6.07) is 2.75. The van der Waals surface area contributed by atoms with Crippen molar-refractivity contribution in [3.8, 4) is 0 Å². The Morgan fingerprint density at radius 3 is 2.90 bits per heavy atom. The molecule has 6 heteroatoms.